The minimum absolute atomic E-state index is 0. The molecule has 0 spiro atoms. The zero-order valence-electron chi connectivity index (χ0n) is 21.2. The Labute approximate surface area is 216 Å². The van der Waals surface area contributed by atoms with Crippen LogP contribution in [0.25, 0.3) is 0 Å². The molecule has 1 fully saturated rings. The summed E-state index contributed by atoms with van der Waals surface area (Å²) >= 11 is 0. The van der Waals surface area contributed by atoms with E-state index in [1.807, 2.05) is 53.7 Å². The van der Waals surface area contributed by atoms with Gasteiger partial charge in [0.1, 0.15) is 11.4 Å². The maximum absolute atomic E-state index is 12.1. The molecule has 0 saturated carbocycles. The number of aliphatic imine (C=N–C) groups is 1. The van der Waals surface area contributed by atoms with Crippen molar-refractivity contribution in [3.63, 3.8) is 0 Å². The first-order valence-corrected chi connectivity index (χ1v) is 11.4. The number of nitrogens with one attached hydrogen (secondary N) is 3. The van der Waals surface area contributed by atoms with Crippen LogP contribution in [0.1, 0.15) is 48.0 Å². The minimum Gasteiger partial charge on any atom is -0.497 e. The Balaban J connectivity index is 0.00000544. The first-order valence-electron chi connectivity index (χ1n) is 11.4. The van der Waals surface area contributed by atoms with Crippen LogP contribution in [0.2, 0.25) is 0 Å². The predicted molar refractivity (Wildman–Crippen MR) is 146 cm³/mol. The molecule has 1 amide bonds. The van der Waals surface area contributed by atoms with E-state index in [-0.39, 0.29) is 24.0 Å². The van der Waals surface area contributed by atoms with Crippen molar-refractivity contribution in [3.05, 3.63) is 24.3 Å². The number of alkyl carbamates (subject to hydrolysis) is 1. The lowest BCUT2D eigenvalue weighted by Gasteiger charge is -2.27. The molecule has 1 atom stereocenters. The predicted octanol–water partition coefficient (Wildman–Crippen LogP) is 4.00. The van der Waals surface area contributed by atoms with Crippen LogP contribution in [0.3, 0.4) is 0 Å². The highest BCUT2D eigenvalue weighted by Crippen LogP contribution is 2.26. The molecule has 3 N–H and O–H groups in total. The molecule has 2 rings (SSSR count). The van der Waals surface area contributed by atoms with Gasteiger partial charge < -0.3 is 30.3 Å². The number of guanidine groups is 1. The van der Waals surface area contributed by atoms with Gasteiger partial charge in [0.25, 0.3) is 0 Å². The Hall–Kier alpha value is -1.91. The van der Waals surface area contributed by atoms with E-state index in [9.17, 15) is 4.79 Å². The van der Waals surface area contributed by atoms with Crippen molar-refractivity contribution in [2.24, 2.45) is 10.9 Å². The number of amides is 1. The van der Waals surface area contributed by atoms with Crippen molar-refractivity contribution in [2.45, 2.75) is 59.1 Å². The van der Waals surface area contributed by atoms with Gasteiger partial charge in [-0.2, -0.15) is 0 Å². The number of carbonyl (C=O) groups is 1. The van der Waals surface area contributed by atoms with E-state index in [0.717, 1.165) is 44.3 Å². The number of ether oxygens (including phenoxy) is 2. The van der Waals surface area contributed by atoms with E-state index in [2.05, 4.69) is 38.0 Å². The third kappa shape index (κ3) is 10.7. The monoisotopic (exact) mass is 575 g/mol. The summed E-state index contributed by atoms with van der Waals surface area (Å²) in [7, 11) is 1.70. The lowest BCUT2D eigenvalue weighted by atomic mass is 10.1. The topological polar surface area (TPSA) is 87.2 Å². The number of anilines is 1. The summed E-state index contributed by atoms with van der Waals surface area (Å²) in [6.07, 6.45) is 0.689. The summed E-state index contributed by atoms with van der Waals surface area (Å²) in [5.74, 6) is 2.16. The van der Waals surface area contributed by atoms with Crippen molar-refractivity contribution in [1.82, 2.24) is 16.0 Å². The molecule has 188 valence electrons. The highest BCUT2D eigenvalue weighted by atomic mass is 127. The van der Waals surface area contributed by atoms with Gasteiger partial charge in [0.15, 0.2) is 5.96 Å². The van der Waals surface area contributed by atoms with E-state index in [0.29, 0.717) is 12.5 Å². The molecule has 0 bridgehead atoms. The number of benzene rings is 1. The summed E-state index contributed by atoms with van der Waals surface area (Å²) in [4.78, 5) is 19.2. The summed E-state index contributed by atoms with van der Waals surface area (Å²) in [5.41, 5.74) is 0.142. The molecular formula is C24H42IN5O3. The van der Waals surface area contributed by atoms with Crippen LogP contribution in [-0.4, -0.2) is 63.0 Å². The second-order valence-corrected chi connectivity index (χ2v) is 9.89. The molecule has 1 aliphatic rings. The third-order valence-corrected chi connectivity index (χ3v) is 5.08. The SMILES string of the molecule is CCNC(=NCC(C)(C)NC(=O)OC(C)(C)C)NCC1CCN(c2cccc(OC)c2)C1.I. The van der Waals surface area contributed by atoms with Gasteiger partial charge in [0.05, 0.1) is 19.2 Å². The van der Waals surface area contributed by atoms with Crippen LogP contribution >= 0.6 is 24.0 Å². The normalized spacial score (nSPS) is 16.6. The van der Waals surface area contributed by atoms with Gasteiger partial charge in [-0.05, 0) is 66.0 Å². The van der Waals surface area contributed by atoms with Gasteiger partial charge in [-0.25, -0.2) is 4.79 Å². The Bertz CT molecular complexity index is 780. The first-order chi connectivity index (χ1) is 15.0. The molecule has 0 aromatic heterocycles. The smallest absolute Gasteiger partial charge is 0.408 e. The molecule has 0 aliphatic carbocycles. The Kier molecular flexibility index (Phi) is 11.6. The largest absolute Gasteiger partial charge is 0.497 e. The highest BCUT2D eigenvalue weighted by Gasteiger charge is 2.25. The summed E-state index contributed by atoms with van der Waals surface area (Å²) in [5, 5.41) is 9.66. The van der Waals surface area contributed by atoms with E-state index in [4.69, 9.17) is 9.47 Å². The number of hydrogen-bond acceptors (Lipinski definition) is 5. The Morgan fingerprint density at radius 1 is 1.21 bits per heavy atom. The van der Waals surface area contributed by atoms with Crippen LogP contribution < -0.4 is 25.6 Å². The molecule has 1 aromatic carbocycles. The summed E-state index contributed by atoms with van der Waals surface area (Å²) < 4.78 is 10.7. The molecule has 33 heavy (non-hydrogen) atoms. The van der Waals surface area contributed by atoms with Crippen LogP contribution in [0.4, 0.5) is 10.5 Å². The number of carbonyl (C=O) groups excluding carboxylic acids is 1. The van der Waals surface area contributed by atoms with Crippen LogP contribution in [-0.2, 0) is 4.74 Å². The van der Waals surface area contributed by atoms with Gasteiger partial charge in [0, 0.05) is 37.9 Å². The quantitative estimate of drug-likeness (QED) is 0.247. The average Bonchev–Trinajstić information content (AvgIpc) is 3.17. The molecule has 1 aliphatic heterocycles. The van der Waals surface area contributed by atoms with Crippen LogP contribution in [0, 0.1) is 5.92 Å². The Morgan fingerprint density at radius 3 is 2.58 bits per heavy atom. The fourth-order valence-electron chi connectivity index (χ4n) is 3.52. The van der Waals surface area contributed by atoms with Crippen molar-refractivity contribution >= 4 is 41.7 Å². The van der Waals surface area contributed by atoms with Crippen molar-refractivity contribution in [1.29, 1.82) is 0 Å². The summed E-state index contributed by atoms with van der Waals surface area (Å²) in [6.45, 7) is 15.5. The van der Waals surface area contributed by atoms with Gasteiger partial charge in [-0.15, -0.1) is 24.0 Å². The maximum atomic E-state index is 12.1. The van der Waals surface area contributed by atoms with Gasteiger partial charge in [0.2, 0.25) is 0 Å². The number of halogens is 1. The van der Waals surface area contributed by atoms with E-state index in [1.54, 1.807) is 7.11 Å². The van der Waals surface area contributed by atoms with E-state index >= 15 is 0 Å². The summed E-state index contributed by atoms with van der Waals surface area (Å²) in [6, 6.07) is 8.21. The lowest BCUT2D eigenvalue weighted by Crippen LogP contribution is -2.49. The molecule has 8 nitrogen and oxygen atoms in total. The molecule has 9 heteroatoms. The number of rotatable bonds is 8. The zero-order chi connectivity index (χ0) is 23.8. The fraction of sp³-hybridized carbons (Fsp3) is 0.667. The van der Waals surface area contributed by atoms with Gasteiger partial charge in [-0.3, -0.25) is 4.99 Å². The van der Waals surface area contributed by atoms with Crippen LogP contribution in [0.5, 0.6) is 5.75 Å². The minimum atomic E-state index is -0.528. The molecule has 1 heterocycles. The maximum Gasteiger partial charge on any atom is 0.408 e. The first kappa shape index (κ1) is 29.1. The lowest BCUT2D eigenvalue weighted by molar-refractivity contribution is 0.0476. The van der Waals surface area contributed by atoms with Gasteiger partial charge in [-0.1, -0.05) is 6.07 Å². The number of hydrogen-bond donors (Lipinski definition) is 3. The molecule has 0 radical (unpaired) electrons. The third-order valence-electron chi connectivity index (χ3n) is 5.08. The molecule has 1 saturated heterocycles. The fourth-order valence-corrected chi connectivity index (χ4v) is 3.52. The number of methoxy groups -OCH3 is 1. The molecular weight excluding hydrogens is 533 g/mol. The second-order valence-electron chi connectivity index (χ2n) is 9.89. The molecule has 1 unspecified atom stereocenters. The standard InChI is InChI=1S/C24H41N5O3.HI/c1-8-25-21(27-17-24(5,6)28-22(30)32-23(2,3)4)26-15-18-12-13-29(16-18)19-10-9-11-20(14-19)31-7;/h9-11,14,18H,8,12-13,15-17H2,1-7H3,(H,28,30)(H2,25,26,27);1H. The van der Waals surface area contributed by atoms with Crippen molar-refractivity contribution < 1.29 is 14.3 Å². The van der Waals surface area contributed by atoms with Gasteiger partial charge >= 0.3 is 6.09 Å². The van der Waals surface area contributed by atoms with Crippen LogP contribution in [0.15, 0.2) is 29.3 Å². The average molecular weight is 576 g/mol. The Morgan fingerprint density at radius 2 is 1.94 bits per heavy atom. The van der Waals surface area contributed by atoms with E-state index < -0.39 is 17.2 Å². The van der Waals surface area contributed by atoms with E-state index in [1.165, 1.54) is 5.69 Å². The highest BCUT2D eigenvalue weighted by molar-refractivity contribution is 14.0. The van der Waals surface area contributed by atoms with Crippen molar-refractivity contribution in [2.75, 3.05) is 44.7 Å². The molecule has 1 aromatic rings. The zero-order valence-corrected chi connectivity index (χ0v) is 23.5. The second kappa shape index (κ2) is 13.1. The van der Waals surface area contributed by atoms with Crippen molar-refractivity contribution in [3.8, 4) is 5.75 Å². The number of nitrogens with zero attached hydrogens (tertiary/aromatic N) is 2.